The van der Waals surface area contributed by atoms with Crippen LogP contribution in [0.3, 0.4) is 0 Å². The fourth-order valence-electron chi connectivity index (χ4n) is 2.77. The maximum absolute atomic E-state index is 3.79. The van der Waals surface area contributed by atoms with Gasteiger partial charge in [0.05, 0.1) is 0 Å². The van der Waals surface area contributed by atoms with E-state index < -0.39 is 0 Å². The second-order valence-electron chi connectivity index (χ2n) is 5.97. The number of rotatable bonds is 5. The number of fused-ring (bicyclic) bond motifs is 1. The monoisotopic (exact) mass is 309 g/mol. The van der Waals surface area contributed by atoms with Gasteiger partial charge < -0.3 is 5.32 Å². The Labute approximate surface area is 119 Å². The van der Waals surface area contributed by atoms with E-state index in [-0.39, 0.29) is 0 Å². The summed E-state index contributed by atoms with van der Waals surface area (Å²) in [5.41, 5.74) is 3.02. The molecule has 0 aliphatic heterocycles. The van der Waals surface area contributed by atoms with E-state index in [0.717, 1.165) is 5.92 Å². The van der Waals surface area contributed by atoms with Crippen molar-refractivity contribution in [1.29, 1.82) is 0 Å². The Morgan fingerprint density at radius 2 is 2.06 bits per heavy atom. The Balaban J connectivity index is 1.93. The van der Waals surface area contributed by atoms with Gasteiger partial charge in [-0.3, -0.25) is 0 Å². The molecule has 0 saturated carbocycles. The summed E-state index contributed by atoms with van der Waals surface area (Å²) in [5.74, 6) is 0.807. The van der Waals surface area contributed by atoms with Crippen molar-refractivity contribution >= 4 is 15.9 Å². The van der Waals surface area contributed by atoms with Crippen LogP contribution in [-0.2, 0) is 6.42 Å². The molecule has 1 aromatic rings. The van der Waals surface area contributed by atoms with Crippen LogP contribution in [0.4, 0.5) is 0 Å². The molecule has 2 unspecified atom stereocenters. The van der Waals surface area contributed by atoms with E-state index in [2.05, 4.69) is 60.2 Å². The Bertz CT molecular complexity index is 400. The average Bonchev–Trinajstić information content (AvgIpc) is 2.69. The van der Waals surface area contributed by atoms with Gasteiger partial charge in [0.15, 0.2) is 0 Å². The summed E-state index contributed by atoms with van der Waals surface area (Å²) < 4.78 is 1.20. The molecule has 1 nitrogen and oxygen atoms in total. The van der Waals surface area contributed by atoms with Crippen LogP contribution in [0, 0.1) is 5.92 Å². The highest BCUT2D eigenvalue weighted by Crippen LogP contribution is 2.33. The van der Waals surface area contributed by atoms with Gasteiger partial charge >= 0.3 is 0 Å². The predicted octanol–water partition coefficient (Wildman–Crippen LogP) is 4.85. The standard InChI is InChI=1S/C16H24BrN/c1-11(2)4-5-12(3)18-16-9-6-13-10-14(17)7-8-15(13)16/h7-8,10-12,16,18H,4-6,9H2,1-3H3. The minimum Gasteiger partial charge on any atom is -0.307 e. The molecular weight excluding hydrogens is 286 g/mol. The number of hydrogen-bond donors (Lipinski definition) is 1. The number of halogens is 1. The molecule has 0 fully saturated rings. The second kappa shape index (κ2) is 6.21. The van der Waals surface area contributed by atoms with E-state index in [0.29, 0.717) is 12.1 Å². The lowest BCUT2D eigenvalue weighted by Crippen LogP contribution is -2.29. The van der Waals surface area contributed by atoms with E-state index in [9.17, 15) is 0 Å². The average molecular weight is 310 g/mol. The zero-order valence-electron chi connectivity index (χ0n) is 11.7. The highest BCUT2D eigenvalue weighted by Gasteiger charge is 2.23. The van der Waals surface area contributed by atoms with Gasteiger partial charge in [0.25, 0.3) is 0 Å². The smallest absolute Gasteiger partial charge is 0.0328 e. The first-order valence-electron chi connectivity index (χ1n) is 7.10. The van der Waals surface area contributed by atoms with Crippen molar-refractivity contribution < 1.29 is 0 Å². The summed E-state index contributed by atoms with van der Waals surface area (Å²) in [6.45, 7) is 6.92. The van der Waals surface area contributed by atoms with Gasteiger partial charge in [-0.2, -0.15) is 0 Å². The molecule has 0 spiro atoms. The van der Waals surface area contributed by atoms with Crippen molar-refractivity contribution in [3.05, 3.63) is 33.8 Å². The summed E-state index contributed by atoms with van der Waals surface area (Å²) >= 11 is 3.56. The third-order valence-electron chi connectivity index (χ3n) is 3.85. The first-order valence-corrected chi connectivity index (χ1v) is 7.90. The van der Waals surface area contributed by atoms with Crippen LogP contribution in [-0.4, -0.2) is 6.04 Å². The van der Waals surface area contributed by atoms with Gasteiger partial charge in [-0.1, -0.05) is 35.8 Å². The molecule has 2 heteroatoms. The highest BCUT2D eigenvalue weighted by molar-refractivity contribution is 9.10. The lowest BCUT2D eigenvalue weighted by Gasteiger charge is -2.21. The van der Waals surface area contributed by atoms with E-state index in [1.165, 1.54) is 41.3 Å². The number of nitrogens with one attached hydrogen (secondary N) is 1. The minimum absolute atomic E-state index is 0.565. The highest BCUT2D eigenvalue weighted by atomic mass is 79.9. The van der Waals surface area contributed by atoms with Gasteiger partial charge in [0.2, 0.25) is 0 Å². The number of benzene rings is 1. The van der Waals surface area contributed by atoms with Gasteiger partial charge in [-0.25, -0.2) is 0 Å². The van der Waals surface area contributed by atoms with E-state index in [1.807, 2.05) is 0 Å². The summed E-state index contributed by atoms with van der Waals surface area (Å²) in [6, 6.07) is 7.90. The largest absolute Gasteiger partial charge is 0.307 e. The molecule has 0 amide bonds. The SMILES string of the molecule is CC(C)CCC(C)NC1CCc2cc(Br)ccc21. The zero-order valence-corrected chi connectivity index (χ0v) is 13.3. The molecule has 0 radical (unpaired) electrons. The molecule has 1 N–H and O–H groups in total. The Hall–Kier alpha value is -0.340. The summed E-state index contributed by atoms with van der Waals surface area (Å²) in [4.78, 5) is 0. The lowest BCUT2D eigenvalue weighted by atomic mass is 10.0. The molecule has 2 atom stereocenters. The van der Waals surface area contributed by atoms with Crippen molar-refractivity contribution in [2.75, 3.05) is 0 Å². The minimum atomic E-state index is 0.565. The van der Waals surface area contributed by atoms with Crippen molar-refractivity contribution in [1.82, 2.24) is 5.32 Å². The molecular formula is C16H24BrN. The Morgan fingerprint density at radius 1 is 1.28 bits per heavy atom. The number of aryl methyl sites for hydroxylation is 1. The molecule has 18 heavy (non-hydrogen) atoms. The Morgan fingerprint density at radius 3 is 2.78 bits per heavy atom. The molecule has 2 rings (SSSR count). The molecule has 0 aromatic heterocycles. The van der Waals surface area contributed by atoms with Crippen molar-refractivity contribution in [3.8, 4) is 0 Å². The maximum atomic E-state index is 3.79. The van der Waals surface area contributed by atoms with Crippen molar-refractivity contribution in [2.45, 2.75) is 58.5 Å². The van der Waals surface area contributed by atoms with Crippen LogP contribution >= 0.6 is 15.9 Å². The van der Waals surface area contributed by atoms with Gasteiger partial charge in [0.1, 0.15) is 0 Å². The van der Waals surface area contributed by atoms with E-state index in [1.54, 1.807) is 0 Å². The topological polar surface area (TPSA) is 12.0 Å². The van der Waals surface area contributed by atoms with E-state index in [4.69, 9.17) is 0 Å². The third kappa shape index (κ3) is 3.58. The Kier molecular flexibility index (Phi) is 4.85. The molecule has 0 saturated heterocycles. The van der Waals surface area contributed by atoms with Crippen LogP contribution in [0.15, 0.2) is 22.7 Å². The summed E-state index contributed by atoms with van der Waals surface area (Å²) in [5, 5.41) is 3.79. The number of hydrogen-bond acceptors (Lipinski definition) is 1. The third-order valence-corrected chi connectivity index (χ3v) is 4.34. The molecule has 1 aliphatic rings. The lowest BCUT2D eigenvalue weighted by molar-refractivity contribution is 0.402. The molecule has 100 valence electrons. The van der Waals surface area contributed by atoms with E-state index >= 15 is 0 Å². The molecule has 0 bridgehead atoms. The summed E-state index contributed by atoms with van der Waals surface area (Å²) in [7, 11) is 0. The zero-order chi connectivity index (χ0) is 13.1. The van der Waals surface area contributed by atoms with Gasteiger partial charge in [-0.05, 0) is 61.8 Å². The van der Waals surface area contributed by atoms with Gasteiger partial charge in [0, 0.05) is 16.6 Å². The molecule has 1 aliphatic carbocycles. The fraction of sp³-hybridized carbons (Fsp3) is 0.625. The second-order valence-corrected chi connectivity index (χ2v) is 6.89. The van der Waals surface area contributed by atoms with Crippen molar-refractivity contribution in [3.63, 3.8) is 0 Å². The maximum Gasteiger partial charge on any atom is 0.0328 e. The van der Waals surface area contributed by atoms with Crippen molar-refractivity contribution in [2.24, 2.45) is 5.92 Å². The first kappa shape index (κ1) is 14.1. The van der Waals surface area contributed by atoms with Crippen LogP contribution in [0.25, 0.3) is 0 Å². The summed E-state index contributed by atoms with van der Waals surface area (Å²) in [6.07, 6.45) is 5.05. The first-order chi connectivity index (χ1) is 8.56. The van der Waals surface area contributed by atoms with Crippen LogP contribution < -0.4 is 5.32 Å². The molecule has 0 heterocycles. The fourth-order valence-corrected chi connectivity index (χ4v) is 3.18. The van der Waals surface area contributed by atoms with Crippen LogP contribution in [0.2, 0.25) is 0 Å². The normalized spacial score (nSPS) is 20.2. The van der Waals surface area contributed by atoms with Crippen LogP contribution in [0.5, 0.6) is 0 Å². The van der Waals surface area contributed by atoms with Crippen LogP contribution in [0.1, 0.15) is 57.2 Å². The molecule has 1 aromatic carbocycles. The predicted molar refractivity (Wildman–Crippen MR) is 81.9 cm³/mol. The quantitative estimate of drug-likeness (QED) is 0.819. The van der Waals surface area contributed by atoms with Gasteiger partial charge in [-0.15, -0.1) is 0 Å².